The normalized spacial score (nSPS) is 13.0. The van der Waals surface area contributed by atoms with Gasteiger partial charge in [-0.1, -0.05) is 12.1 Å². The molecule has 2 aromatic carbocycles. The molecular formula is C16H15ClINO. The van der Waals surface area contributed by atoms with Crippen LogP contribution in [0.15, 0.2) is 47.5 Å². The maximum absolute atomic E-state index is 5.30. The standard InChI is InChI=1S/C16H14INO.ClH/c1-19-14-6-7-15-12(10-14)8-9-18-16(15)11-2-4-13(17)5-3-11;/h2-7,10H,8-9H2,1H3;1H. The fourth-order valence-electron chi connectivity index (χ4n) is 2.36. The number of hydrogen-bond acceptors (Lipinski definition) is 2. The summed E-state index contributed by atoms with van der Waals surface area (Å²) in [6.45, 7) is 0.849. The Labute approximate surface area is 138 Å². The van der Waals surface area contributed by atoms with Crippen LogP contribution >= 0.6 is 35.0 Å². The number of aliphatic imine (C=N–C) groups is 1. The van der Waals surface area contributed by atoms with Gasteiger partial charge in [0, 0.05) is 21.2 Å². The summed E-state index contributed by atoms with van der Waals surface area (Å²) in [4.78, 5) is 4.70. The van der Waals surface area contributed by atoms with Gasteiger partial charge in [-0.2, -0.15) is 0 Å². The molecule has 1 aliphatic rings. The average Bonchev–Trinajstić information content (AvgIpc) is 2.47. The van der Waals surface area contributed by atoms with Gasteiger partial charge < -0.3 is 4.74 Å². The van der Waals surface area contributed by atoms with Gasteiger partial charge >= 0.3 is 0 Å². The Bertz CT molecular complexity index is 637. The van der Waals surface area contributed by atoms with Gasteiger partial charge in [0.05, 0.1) is 12.8 Å². The topological polar surface area (TPSA) is 21.6 Å². The fraction of sp³-hybridized carbons (Fsp3) is 0.188. The minimum absolute atomic E-state index is 0. The van der Waals surface area contributed by atoms with Crippen LogP contribution in [0.25, 0.3) is 0 Å². The molecule has 0 atom stereocenters. The molecule has 20 heavy (non-hydrogen) atoms. The van der Waals surface area contributed by atoms with Crippen LogP contribution in [0.3, 0.4) is 0 Å². The molecule has 3 rings (SSSR count). The van der Waals surface area contributed by atoms with E-state index in [1.54, 1.807) is 7.11 Å². The van der Waals surface area contributed by atoms with Crippen LogP contribution in [0.2, 0.25) is 0 Å². The highest BCUT2D eigenvalue weighted by Gasteiger charge is 2.16. The number of rotatable bonds is 2. The van der Waals surface area contributed by atoms with Crippen molar-refractivity contribution in [2.75, 3.05) is 13.7 Å². The Balaban J connectivity index is 0.00000147. The molecule has 1 heterocycles. The van der Waals surface area contributed by atoms with Crippen LogP contribution in [0.4, 0.5) is 0 Å². The van der Waals surface area contributed by atoms with Crippen molar-refractivity contribution in [3.8, 4) is 5.75 Å². The van der Waals surface area contributed by atoms with Gasteiger partial charge in [-0.15, -0.1) is 12.4 Å². The molecule has 0 aliphatic carbocycles. The average molecular weight is 400 g/mol. The molecule has 4 heteroatoms. The number of nitrogens with zero attached hydrogens (tertiary/aromatic N) is 1. The van der Waals surface area contributed by atoms with E-state index in [9.17, 15) is 0 Å². The minimum Gasteiger partial charge on any atom is -0.497 e. The number of halogens is 2. The lowest BCUT2D eigenvalue weighted by atomic mass is 9.93. The Morgan fingerprint density at radius 3 is 2.55 bits per heavy atom. The van der Waals surface area contributed by atoms with Crippen molar-refractivity contribution in [1.82, 2.24) is 0 Å². The lowest BCUT2D eigenvalue weighted by Gasteiger charge is -2.18. The molecule has 0 N–H and O–H groups in total. The van der Waals surface area contributed by atoms with Crippen molar-refractivity contribution in [2.45, 2.75) is 6.42 Å². The molecule has 104 valence electrons. The molecule has 0 saturated heterocycles. The van der Waals surface area contributed by atoms with Crippen LogP contribution in [0.1, 0.15) is 16.7 Å². The monoisotopic (exact) mass is 399 g/mol. The molecule has 0 radical (unpaired) electrons. The summed E-state index contributed by atoms with van der Waals surface area (Å²) in [6, 6.07) is 14.8. The van der Waals surface area contributed by atoms with Crippen LogP contribution in [-0.2, 0) is 6.42 Å². The van der Waals surface area contributed by atoms with Crippen molar-refractivity contribution >= 4 is 40.7 Å². The number of methoxy groups -OCH3 is 1. The summed E-state index contributed by atoms with van der Waals surface area (Å²) in [7, 11) is 1.71. The van der Waals surface area contributed by atoms with E-state index in [4.69, 9.17) is 9.73 Å². The third kappa shape index (κ3) is 2.99. The number of ether oxygens (including phenoxy) is 1. The van der Waals surface area contributed by atoms with Gasteiger partial charge in [0.15, 0.2) is 0 Å². The molecule has 0 bridgehead atoms. The van der Waals surface area contributed by atoms with E-state index in [1.807, 2.05) is 6.07 Å². The molecule has 2 nitrogen and oxygen atoms in total. The van der Waals surface area contributed by atoms with Gasteiger partial charge in [-0.25, -0.2) is 0 Å². The summed E-state index contributed by atoms with van der Waals surface area (Å²) in [5.74, 6) is 0.919. The largest absolute Gasteiger partial charge is 0.497 e. The summed E-state index contributed by atoms with van der Waals surface area (Å²) in [6.07, 6.45) is 0.987. The molecule has 2 aromatic rings. The molecule has 0 saturated carbocycles. The van der Waals surface area contributed by atoms with E-state index >= 15 is 0 Å². The van der Waals surface area contributed by atoms with E-state index in [-0.39, 0.29) is 12.4 Å². The van der Waals surface area contributed by atoms with Crippen molar-refractivity contribution in [3.63, 3.8) is 0 Å². The summed E-state index contributed by atoms with van der Waals surface area (Å²) in [5.41, 5.74) is 4.84. The van der Waals surface area contributed by atoms with Crippen LogP contribution in [-0.4, -0.2) is 19.4 Å². The Hall–Kier alpha value is -1.07. The van der Waals surface area contributed by atoms with Crippen molar-refractivity contribution in [1.29, 1.82) is 0 Å². The summed E-state index contributed by atoms with van der Waals surface area (Å²) in [5, 5.41) is 0. The zero-order valence-corrected chi connectivity index (χ0v) is 14.1. The highest BCUT2D eigenvalue weighted by molar-refractivity contribution is 14.1. The van der Waals surface area contributed by atoms with Crippen molar-refractivity contribution < 1.29 is 4.74 Å². The zero-order chi connectivity index (χ0) is 13.2. The Morgan fingerprint density at radius 2 is 1.85 bits per heavy atom. The molecule has 0 aromatic heterocycles. The first-order chi connectivity index (χ1) is 9.28. The second-order valence-electron chi connectivity index (χ2n) is 4.51. The molecule has 0 fully saturated rings. The second kappa shape index (κ2) is 6.59. The van der Waals surface area contributed by atoms with Gasteiger partial charge in [-0.05, 0) is 64.9 Å². The van der Waals surface area contributed by atoms with Crippen LogP contribution < -0.4 is 4.74 Å². The van der Waals surface area contributed by atoms with E-state index < -0.39 is 0 Å². The molecule has 0 unspecified atom stereocenters. The van der Waals surface area contributed by atoms with E-state index in [0.717, 1.165) is 24.4 Å². The van der Waals surface area contributed by atoms with Gasteiger partial charge in [0.1, 0.15) is 5.75 Å². The smallest absolute Gasteiger partial charge is 0.119 e. The second-order valence-corrected chi connectivity index (χ2v) is 5.76. The number of hydrogen-bond donors (Lipinski definition) is 0. The Kier molecular flexibility index (Phi) is 5.05. The molecule has 1 aliphatic heterocycles. The molecule has 0 amide bonds. The lowest BCUT2D eigenvalue weighted by molar-refractivity contribution is 0.414. The Morgan fingerprint density at radius 1 is 1.10 bits per heavy atom. The van der Waals surface area contributed by atoms with E-state index in [2.05, 4.69) is 59.0 Å². The first kappa shape index (κ1) is 15.3. The predicted octanol–water partition coefficient (Wildman–Crippen LogP) is 4.12. The molecule has 0 spiro atoms. The SMILES string of the molecule is COc1ccc2c(c1)CCN=C2c1ccc(I)cc1.Cl. The van der Waals surface area contributed by atoms with Gasteiger partial charge in [-0.3, -0.25) is 4.99 Å². The fourth-order valence-corrected chi connectivity index (χ4v) is 2.72. The predicted molar refractivity (Wildman–Crippen MR) is 93.6 cm³/mol. The highest BCUT2D eigenvalue weighted by atomic mass is 127. The summed E-state index contributed by atoms with van der Waals surface area (Å²) >= 11 is 2.32. The maximum atomic E-state index is 5.30. The maximum Gasteiger partial charge on any atom is 0.119 e. The van der Waals surface area contributed by atoms with E-state index in [0.29, 0.717) is 0 Å². The van der Waals surface area contributed by atoms with Crippen molar-refractivity contribution in [2.24, 2.45) is 4.99 Å². The lowest BCUT2D eigenvalue weighted by Crippen LogP contribution is -2.14. The first-order valence-electron chi connectivity index (χ1n) is 6.25. The third-order valence-corrected chi connectivity index (χ3v) is 4.06. The summed E-state index contributed by atoms with van der Waals surface area (Å²) < 4.78 is 6.54. The van der Waals surface area contributed by atoms with Crippen LogP contribution in [0.5, 0.6) is 5.75 Å². The van der Waals surface area contributed by atoms with Gasteiger partial charge in [0.25, 0.3) is 0 Å². The zero-order valence-electron chi connectivity index (χ0n) is 11.1. The minimum atomic E-state index is 0. The van der Waals surface area contributed by atoms with Crippen LogP contribution in [0, 0.1) is 3.57 Å². The van der Waals surface area contributed by atoms with Crippen molar-refractivity contribution in [3.05, 3.63) is 62.7 Å². The van der Waals surface area contributed by atoms with E-state index in [1.165, 1.54) is 20.3 Å². The number of fused-ring (bicyclic) bond motifs is 1. The third-order valence-electron chi connectivity index (χ3n) is 3.34. The quantitative estimate of drug-likeness (QED) is 0.696. The molecular weight excluding hydrogens is 385 g/mol. The number of benzene rings is 2. The first-order valence-corrected chi connectivity index (χ1v) is 7.33. The van der Waals surface area contributed by atoms with Gasteiger partial charge in [0.2, 0.25) is 0 Å². The highest BCUT2D eigenvalue weighted by Crippen LogP contribution is 2.25.